The van der Waals surface area contributed by atoms with Crippen LogP contribution in [0.1, 0.15) is 12.8 Å². The predicted octanol–water partition coefficient (Wildman–Crippen LogP) is 1.02. The molecule has 12 heavy (non-hydrogen) atoms. The van der Waals surface area contributed by atoms with Crippen LogP contribution in [-0.4, -0.2) is 43.1 Å². The van der Waals surface area contributed by atoms with Crippen molar-refractivity contribution in [1.82, 2.24) is 4.90 Å². The van der Waals surface area contributed by atoms with Crippen molar-refractivity contribution in [3.8, 4) is 0 Å². The Kier molecular flexibility index (Phi) is 4.40. The molecule has 3 heteroatoms. The second-order valence-electron chi connectivity index (χ2n) is 3.88. The van der Waals surface area contributed by atoms with Gasteiger partial charge in [-0.1, -0.05) is 0 Å². The highest BCUT2D eigenvalue weighted by Crippen LogP contribution is 2.32. The van der Waals surface area contributed by atoms with Crippen LogP contribution in [0.15, 0.2) is 0 Å². The molecule has 0 aliphatic heterocycles. The van der Waals surface area contributed by atoms with Crippen LogP contribution in [-0.2, 0) is 0 Å². The van der Waals surface area contributed by atoms with Gasteiger partial charge in [-0.25, -0.2) is 0 Å². The number of nitrogens with two attached hydrogens (primary N) is 1. The minimum Gasteiger partial charge on any atom is -0.327 e. The van der Waals surface area contributed by atoms with Gasteiger partial charge in [0.25, 0.3) is 0 Å². The summed E-state index contributed by atoms with van der Waals surface area (Å²) in [5.74, 6) is 3.23. The molecule has 1 saturated carbocycles. The molecule has 2 N–H and O–H groups in total. The molecule has 0 aromatic rings. The maximum Gasteiger partial charge on any atom is 0.0158 e. The summed E-state index contributed by atoms with van der Waals surface area (Å²) in [6.45, 7) is 1.17. The summed E-state index contributed by atoms with van der Waals surface area (Å²) in [5, 5.41) is 0. The van der Waals surface area contributed by atoms with Gasteiger partial charge in [-0.05, 0) is 32.9 Å². The monoisotopic (exact) mass is 188 g/mol. The standard InChI is InChI=1S/C9H20N2S/c1-11(2)5-6-12-7-9(10)8-3-4-8/h8-9H,3-7,10H2,1-2H3. The molecule has 0 radical (unpaired) electrons. The second-order valence-corrected chi connectivity index (χ2v) is 5.03. The van der Waals surface area contributed by atoms with Crippen molar-refractivity contribution >= 4 is 11.8 Å². The number of hydrogen-bond acceptors (Lipinski definition) is 3. The minimum absolute atomic E-state index is 0.470. The lowest BCUT2D eigenvalue weighted by atomic mass is 10.2. The highest BCUT2D eigenvalue weighted by Gasteiger charge is 2.27. The van der Waals surface area contributed by atoms with E-state index < -0.39 is 0 Å². The van der Waals surface area contributed by atoms with E-state index in [1.54, 1.807) is 0 Å². The van der Waals surface area contributed by atoms with Gasteiger partial charge >= 0.3 is 0 Å². The van der Waals surface area contributed by atoms with Gasteiger partial charge in [-0.15, -0.1) is 0 Å². The van der Waals surface area contributed by atoms with E-state index in [1.165, 1.54) is 25.1 Å². The van der Waals surface area contributed by atoms with Crippen LogP contribution in [0.5, 0.6) is 0 Å². The highest BCUT2D eigenvalue weighted by molar-refractivity contribution is 7.99. The van der Waals surface area contributed by atoms with Crippen molar-refractivity contribution in [1.29, 1.82) is 0 Å². The summed E-state index contributed by atoms with van der Waals surface area (Å²) in [5.41, 5.74) is 5.96. The number of rotatable bonds is 6. The summed E-state index contributed by atoms with van der Waals surface area (Å²) in [4.78, 5) is 2.22. The quantitative estimate of drug-likeness (QED) is 0.631. The molecule has 0 heterocycles. The van der Waals surface area contributed by atoms with Crippen LogP contribution in [0.3, 0.4) is 0 Å². The Labute approximate surface area is 79.9 Å². The van der Waals surface area contributed by atoms with E-state index in [0.717, 1.165) is 11.7 Å². The molecule has 1 unspecified atom stereocenters. The molecule has 1 aliphatic carbocycles. The molecule has 1 fully saturated rings. The Balaban J connectivity index is 1.87. The van der Waals surface area contributed by atoms with Crippen molar-refractivity contribution in [3.63, 3.8) is 0 Å². The van der Waals surface area contributed by atoms with E-state index >= 15 is 0 Å². The lowest BCUT2D eigenvalue weighted by molar-refractivity contribution is 0.437. The minimum atomic E-state index is 0.470. The summed E-state index contributed by atoms with van der Waals surface area (Å²) in [6, 6.07) is 0.470. The van der Waals surface area contributed by atoms with Gasteiger partial charge in [0.05, 0.1) is 0 Å². The number of thioether (sulfide) groups is 1. The fourth-order valence-corrected chi connectivity index (χ4v) is 2.33. The first-order valence-electron chi connectivity index (χ1n) is 4.68. The number of nitrogens with zero attached hydrogens (tertiary/aromatic N) is 1. The van der Waals surface area contributed by atoms with Crippen LogP contribution in [0, 0.1) is 5.92 Å². The SMILES string of the molecule is CN(C)CCSCC(N)C1CC1. The zero-order valence-corrected chi connectivity index (χ0v) is 8.94. The van der Waals surface area contributed by atoms with E-state index in [2.05, 4.69) is 19.0 Å². The van der Waals surface area contributed by atoms with Gasteiger partial charge in [-0.2, -0.15) is 11.8 Å². The van der Waals surface area contributed by atoms with Crippen LogP contribution >= 0.6 is 11.8 Å². The molecule has 0 aromatic carbocycles. The third kappa shape index (κ3) is 4.33. The molecule has 1 aliphatic rings. The van der Waals surface area contributed by atoms with Gasteiger partial charge < -0.3 is 10.6 Å². The van der Waals surface area contributed by atoms with Crippen LogP contribution in [0.25, 0.3) is 0 Å². The Hall–Kier alpha value is 0.270. The Morgan fingerprint density at radius 2 is 2.17 bits per heavy atom. The lowest BCUT2D eigenvalue weighted by Crippen LogP contribution is -2.26. The highest BCUT2D eigenvalue weighted by atomic mass is 32.2. The average molecular weight is 188 g/mol. The molecule has 1 atom stereocenters. The Bertz CT molecular complexity index is 124. The first-order valence-corrected chi connectivity index (χ1v) is 5.83. The molecule has 2 nitrogen and oxygen atoms in total. The molecule has 0 spiro atoms. The normalized spacial score (nSPS) is 20.0. The number of hydrogen-bond donors (Lipinski definition) is 1. The maximum atomic E-state index is 5.96. The van der Waals surface area contributed by atoms with E-state index in [9.17, 15) is 0 Å². The van der Waals surface area contributed by atoms with Crippen molar-refractivity contribution in [2.24, 2.45) is 11.7 Å². The van der Waals surface area contributed by atoms with Gasteiger partial charge in [0.2, 0.25) is 0 Å². The van der Waals surface area contributed by atoms with E-state index in [1.807, 2.05) is 11.8 Å². The van der Waals surface area contributed by atoms with Gasteiger partial charge in [0, 0.05) is 24.1 Å². The molecular formula is C9H20N2S. The van der Waals surface area contributed by atoms with E-state index in [-0.39, 0.29) is 0 Å². The van der Waals surface area contributed by atoms with Crippen molar-refractivity contribution in [3.05, 3.63) is 0 Å². The fraction of sp³-hybridized carbons (Fsp3) is 1.00. The first-order chi connectivity index (χ1) is 5.70. The lowest BCUT2D eigenvalue weighted by Gasteiger charge is -2.11. The maximum absolute atomic E-state index is 5.96. The largest absolute Gasteiger partial charge is 0.327 e. The van der Waals surface area contributed by atoms with E-state index in [4.69, 9.17) is 5.73 Å². The van der Waals surface area contributed by atoms with Crippen LogP contribution in [0.2, 0.25) is 0 Å². The molecule has 72 valence electrons. The summed E-state index contributed by atoms with van der Waals surface area (Å²) >= 11 is 1.99. The van der Waals surface area contributed by atoms with Gasteiger partial charge in [0.1, 0.15) is 0 Å². The van der Waals surface area contributed by atoms with E-state index in [0.29, 0.717) is 6.04 Å². The molecular weight excluding hydrogens is 168 g/mol. The second kappa shape index (κ2) is 5.10. The van der Waals surface area contributed by atoms with Gasteiger partial charge in [-0.3, -0.25) is 0 Å². The zero-order valence-electron chi connectivity index (χ0n) is 8.12. The van der Waals surface area contributed by atoms with Crippen molar-refractivity contribution in [2.45, 2.75) is 18.9 Å². The van der Waals surface area contributed by atoms with Crippen LogP contribution in [0.4, 0.5) is 0 Å². The third-order valence-corrected chi connectivity index (χ3v) is 3.31. The fourth-order valence-electron chi connectivity index (χ4n) is 1.13. The molecule has 0 saturated heterocycles. The summed E-state index contributed by atoms with van der Waals surface area (Å²) in [6.07, 6.45) is 2.74. The summed E-state index contributed by atoms with van der Waals surface area (Å²) in [7, 11) is 4.22. The van der Waals surface area contributed by atoms with Crippen LogP contribution < -0.4 is 5.73 Å². The van der Waals surface area contributed by atoms with Gasteiger partial charge in [0.15, 0.2) is 0 Å². The summed E-state index contributed by atoms with van der Waals surface area (Å²) < 4.78 is 0. The third-order valence-electron chi connectivity index (χ3n) is 2.22. The molecule has 0 aromatic heterocycles. The molecule has 0 amide bonds. The average Bonchev–Trinajstić information content (AvgIpc) is 2.79. The molecule has 1 rings (SSSR count). The predicted molar refractivity (Wildman–Crippen MR) is 56.6 cm³/mol. The Morgan fingerprint density at radius 3 is 2.67 bits per heavy atom. The molecule has 0 bridgehead atoms. The topological polar surface area (TPSA) is 29.3 Å². The van der Waals surface area contributed by atoms with Crippen molar-refractivity contribution < 1.29 is 0 Å². The zero-order chi connectivity index (χ0) is 8.97. The smallest absolute Gasteiger partial charge is 0.0158 e. The Morgan fingerprint density at radius 1 is 1.50 bits per heavy atom. The first kappa shape index (κ1) is 10.4. The van der Waals surface area contributed by atoms with Crippen molar-refractivity contribution in [2.75, 3.05) is 32.1 Å².